The Morgan fingerprint density at radius 1 is 0.407 bits per heavy atom. The summed E-state index contributed by atoms with van der Waals surface area (Å²) >= 11 is 0. The van der Waals surface area contributed by atoms with E-state index in [9.17, 15) is 45.6 Å². The first-order chi connectivity index (χ1) is 44.6. The van der Waals surface area contributed by atoms with E-state index in [1.54, 1.807) is 6.08 Å². The number of rotatable bonds is 61. The fraction of sp³-hybridized carbons (Fsp3) is 0.805. The molecule has 14 heteroatoms. The van der Waals surface area contributed by atoms with E-state index in [1.807, 2.05) is 6.08 Å². The highest BCUT2D eigenvalue weighted by Crippen LogP contribution is 2.30. The Kier molecular flexibility index (Phi) is 56.3. The number of amides is 1. The number of aliphatic hydroxyl groups excluding tert-OH is 8. The monoisotopic (exact) mass is 1280 g/mol. The average molecular weight is 1280 g/mol. The summed E-state index contributed by atoms with van der Waals surface area (Å²) in [5, 5.41) is 87.5. The van der Waals surface area contributed by atoms with Gasteiger partial charge < -0.3 is 65.1 Å². The molecular formula is C77H137NO13. The molecule has 0 radical (unpaired) electrons. The molecular weight excluding hydrogens is 1150 g/mol. The zero-order chi connectivity index (χ0) is 65.9. The van der Waals surface area contributed by atoms with Crippen LogP contribution in [0.25, 0.3) is 0 Å². The largest absolute Gasteiger partial charge is 0.394 e. The lowest BCUT2D eigenvalue weighted by Gasteiger charge is -2.46. The summed E-state index contributed by atoms with van der Waals surface area (Å²) in [4.78, 5) is 13.4. The molecule has 0 spiro atoms. The molecule has 0 aromatic heterocycles. The molecule has 2 rings (SSSR count). The number of hydrogen-bond acceptors (Lipinski definition) is 13. The maximum Gasteiger partial charge on any atom is 0.220 e. The molecule has 2 fully saturated rings. The molecule has 0 aromatic rings. The molecule has 0 saturated carbocycles. The molecule has 528 valence electrons. The minimum Gasteiger partial charge on any atom is -0.394 e. The fourth-order valence-corrected chi connectivity index (χ4v) is 11.9. The van der Waals surface area contributed by atoms with E-state index < -0.39 is 86.8 Å². The molecule has 12 atom stereocenters. The van der Waals surface area contributed by atoms with Crippen LogP contribution < -0.4 is 5.32 Å². The number of allylic oxidation sites excluding steroid dienone is 13. The van der Waals surface area contributed by atoms with Crippen molar-refractivity contribution in [2.75, 3.05) is 19.8 Å². The zero-order valence-corrected chi connectivity index (χ0v) is 57.6. The maximum absolute atomic E-state index is 13.4. The summed E-state index contributed by atoms with van der Waals surface area (Å²) in [6, 6.07) is -0.918. The van der Waals surface area contributed by atoms with E-state index in [-0.39, 0.29) is 18.9 Å². The van der Waals surface area contributed by atoms with Crippen molar-refractivity contribution in [2.24, 2.45) is 0 Å². The molecule has 14 nitrogen and oxygen atoms in total. The third-order valence-electron chi connectivity index (χ3n) is 17.8. The van der Waals surface area contributed by atoms with Gasteiger partial charge in [-0.05, 0) is 70.6 Å². The van der Waals surface area contributed by atoms with Gasteiger partial charge in [0.1, 0.15) is 48.8 Å². The molecule has 9 N–H and O–H groups in total. The van der Waals surface area contributed by atoms with Crippen LogP contribution in [0.2, 0.25) is 0 Å². The highest BCUT2D eigenvalue weighted by Gasteiger charge is 2.51. The van der Waals surface area contributed by atoms with Crippen LogP contribution in [0.4, 0.5) is 0 Å². The van der Waals surface area contributed by atoms with Crippen LogP contribution in [0.1, 0.15) is 303 Å². The summed E-state index contributed by atoms with van der Waals surface area (Å²) in [6.07, 6.45) is 67.9. The molecule has 2 aliphatic heterocycles. The Hall–Kier alpha value is -2.83. The second-order valence-corrected chi connectivity index (χ2v) is 26.0. The van der Waals surface area contributed by atoms with Gasteiger partial charge in [-0.2, -0.15) is 0 Å². The zero-order valence-electron chi connectivity index (χ0n) is 57.6. The van der Waals surface area contributed by atoms with Crippen molar-refractivity contribution in [3.05, 3.63) is 85.1 Å². The van der Waals surface area contributed by atoms with Crippen molar-refractivity contribution >= 4 is 5.91 Å². The van der Waals surface area contributed by atoms with Crippen molar-refractivity contribution in [2.45, 2.75) is 376 Å². The summed E-state index contributed by atoms with van der Waals surface area (Å²) in [5.41, 5.74) is 0. The van der Waals surface area contributed by atoms with E-state index in [4.69, 9.17) is 18.9 Å². The first-order valence-electron chi connectivity index (χ1n) is 37.3. The van der Waals surface area contributed by atoms with E-state index >= 15 is 0 Å². The quantitative estimate of drug-likeness (QED) is 0.0204. The van der Waals surface area contributed by atoms with Crippen LogP contribution in [0.15, 0.2) is 85.1 Å². The van der Waals surface area contributed by atoms with Crippen molar-refractivity contribution in [1.29, 1.82) is 0 Å². The topological polar surface area (TPSA) is 228 Å². The summed E-state index contributed by atoms with van der Waals surface area (Å²) in [7, 11) is 0. The Morgan fingerprint density at radius 2 is 0.758 bits per heavy atom. The molecule has 91 heavy (non-hydrogen) atoms. The van der Waals surface area contributed by atoms with Crippen LogP contribution in [-0.4, -0.2) is 140 Å². The van der Waals surface area contributed by atoms with Crippen LogP contribution >= 0.6 is 0 Å². The minimum absolute atomic E-state index is 0.237. The first kappa shape index (κ1) is 84.3. The highest BCUT2D eigenvalue weighted by molar-refractivity contribution is 5.76. The molecule has 2 heterocycles. The van der Waals surface area contributed by atoms with E-state index in [1.165, 1.54) is 199 Å². The lowest BCUT2D eigenvalue weighted by Crippen LogP contribution is -2.65. The van der Waals surface area contributed by atoms with Gasteiger partial charge in [0.15, 0.2) is 12.6 Å². The molecule has 0 bridgehead atoms. The number of aliphatic hydroxyl groups is 8. The normalized spacial score (nSPS) is 23.3. The molecule has 12 unspecified atom stereocenters. The molecule has 0 aromatic carbocycles. The Labute approximate surface area is 554 Å². The van der Waals surface area contributed by atoms with Crippen molar-refractivity contribution in [3.8, 4) is 0 Å². The van der Waals surface area contributed by atoms with Gasteiger partial charge in [-0.1, -0.05) is 311 Å². The van der Waals surface area contributed by atoms with Gasteiger partial charge in [-0.15, -0.1) is 0 Å². The summed E-state index contributed by atoms with van der Waals surface area (Å²) in [5.74, 6) is -0.237. The van der Waals surface area contributed by atoms with Crippen molar-refractivity contribution < 1.29 is 64.6 Å². The molecule has 2 aliphatic rings. The SMILES string of the molecule is CC/C=C\C/C=C\C/C=C\C/C=C\C/C=C\C/C=C\CCCCCCCCCCCCCCCCCCCCC(=O)NC(COC1OC(CO)C(OC2OC(CO)C(O)C(O)C2O)C(O)C1O)C(O)/C=C/CCCCCCCCCCCCCCCCCCCC. The maximum atomic E-state index is 13.4. The standard InChI is InChI=1S/C77H137NO13/c1-3-5-7-9-11-13-15-17-19-21-23-25-26-27-28-29-30-31-32-33-34-35-36-37-38-39-40-41-43-45-47-49-51-53-55-57-59-61-69(82)78-65(66(81)60-58-56-54-52-50-48-46-44-42-24-22-20-18-16-14-12-10-8-6-4-2)64-88-76-74(87)72(85)75(68(63-80)90-76)91-77-73(86)71(84)70(83)67(62-79)89-77/h5,7,11,13,17,19,23,25,27-28,30-31,58,60,65-68,70-77,79-81,83-87H,3-4,6,8-10,12,14-16,18,20-22,24,26,29,32-57,59,61-64H2,1-2H3,(H,78,82)/b7-5-,13-11-,19-17-,25-23-,28-27-,31-30-,60-58+. The van der Waals surface area contributed by atoms with Gasteiger partial charge in [-0.25, -0.2) is 0 Å². The van der Waals surface area contributed by atoms with Gasteiger partial charge >= 0.3 is 0 Å². The van der Waals surface area contributed by atoms with Crippen LogP contribution in [0, 0.1) is 0 Å². The average Bonchev–Trinajstić information content (AvgIpc) is 1.04. The number of ether oxygens (including phenoxy) is 4. The molecule has 1 amide bonds. The third kappa shape index (κ3) is 44.5. The van der Waals surface area contributed by atoms with Crippen molar-refractivity contribution in [3.63, 3.8) is 0 Å². The van der Waals surface area contributed by atoms with Gasteiger partial charge in [-0.3, -0.25) is 4.79 Å². The predicted molar refractivity (Wildman–Crippen MR) is 373 cm³/mol. The minimum atomic E-state index is -1.79. The number of unbranched alkanes of at least 4 members (excludes halogenated alkanes) is 36. The Morgan fingerprint density at radius 3 is 1.16 bits per heavy atom. The Balaban J connectivity index is 1.61. The third-order valence-corrected chi connectivity index (χ3v) is 17.8. The summed E-state index contributed by atoms with van der Waals surface area (Å²) < 4.78 is 22.9. The van der Waals surface area contributed by atoms with Crippen LogP contribution in [0.5, 0.6) is 0 Å². The number of carbonyl (C=O) groups excluding carboxylic acids is 1. The van der Waals surface area contributed by atoms with E-state index in [0.29, 0.717) is 6.42 Å². The van der Waals surface area contributed by atoms with Crippen LogP contribution in [-0.2, 0) is 23.7 Å². The van der Waals surface area contributed by atoms with Crippen molar-refractivity contribution in [1.82, 2.24) is 5.32 Å². The predicted octanol–water partition coefficient (Wildman–Crippen LogP) is 16.0. The van der Waals surface area contributed by atoms with E-state index in [0.717, 1.165) is 77.0 Å². The van der Waals surface area contributed by atoms with Gasteiger partial charge in [0.2, 0.25) is 5.91 Å². The molecule has 2 saturated heterocycles. The van der Waals surface area contributed by atoms with Gasteiger partial charge in [0.05, 0.1) is 32.0 Å². The first-order valence-corrected chi connectivity index (χ1v) is 37.3. The lowest BCUT2D eigenvalue weighted by atomic mass is 9.97. The smallest absolute Gasteiger partial charge is 0.220 e. The molecule has 0 aliphatic carbocycles. The van der Waals surface area contributed by atoms with Gasteiger partial charge in [0.25, 0.3) is 0 Å². The van der Waals surface area contributed by atoms with Crippen LogP contribution in [0.3, 0.4) is 0 Å². The number of hydrogen-bond donors (Lipinski definition) is 9. The second kappa shape index (κ2) is 60.8. The highest BCUT2D eigenvalue weighted by atomic mass is 16.7. The lowest BCUT2D eigenvalue weighted by molar-refractivity contribution is -0.359. The fourth-order valence-electron chi connectivity index (χ4n) is 11.9. The summed E-state index contributed by atoms with van der Waals surface area (Å²) in [6.45, 7) is 2.72. The number of carbonyl (C=O) groups is 1. The second-order valence-electron chi connectivity index (χ2n) is 26.0. The Bertz CT molecular complexity index is 1850. The van der Waals surface area contributed by atoms with E-state index in [2.05, 4.69) is 92.1 Å². The van der Waals surface area contributed by atoms with Gasteiger partial charge in [0, 0.05) is 6.42 Å². The number of nitrogens with one attached hydrogen (secondary N) is 1.